The summed E-state index contributed by atoms with van der Waals surface area (Å²) < 4.78 is 34.0. The van der Waals surface area contributed by atoms with E-state index in [1.54, 1.807) is 0 Å². The summed E-state index contributed by atoms with van der Waals surface area (Å²) in [6.07, 6.45) is 0.0318. The highest BCUT2D eigenvalue weighted by Gasteiger charge is 2.47. The number of nitrogens with one attached hydrogen (secondary N) is 1. The molecule has 2 aliphatic heterocycles. The van der Waals surface area contributed by atoms with Gasteiger partial charge in [0.25, 0.3) is 5.56 Å². The number of hydrogen-bond acceptors (Lipinski definition) is 7. The second-order valence-electron chi connectivity index (χ2n) is 4.58. The monoisotopic (exact) mass is 382 g/mol. The maximum absolute atomic E-state index is 11.9. The lowest BCUT2D eigenvalue weighted by Gasteiger charge is -2.28. The summed E-state index contributed by atoms with van der Waals surface area (Å²) in [7, 11) is -2.31. The zero-order valence-corrected chi connectivity index (χ0v) is 13.3. The highest BCUT2D eigenvalue weighted by atomic mass is 79.9. The smallest absolute Gasteiger partial charge is 0.349 e. The van der Waals surface area contributed by atoms with Crippen molar-refractivity contribution in [1.29, 1.82) is 0 Å². The van der Waals surface area contributed by atoms with Crippen molar-refractivity contribution < 1.29 is 22.9 Å². The first-order chi connectivity index (χ1) is 9.92. The molecule has 1 N–H and O–H groups in total. The van der Waals surface area contributed by atoms with Gasteiger partial charge in [0.15, 0.2) is 0 Å². The lowest BCUT2D eigenvalue weighted by atomic mass is 10.2. The predicted octanol–water partition coefficient (Wildman–Crippen LogP) is 0.756. The van der Waals surface area contributed by atoms with Crippen LogP contribution in [0, 0.1) is 0 Å². The summed E-state index contributed by atoms with van der Waals surface area (Å²) >= 11 is 3.05. The Balaban J connectivity index is 1.85. The fourth-order valence-electron chi connectivity index (χ4n) is 2.26. The van der Waals surface area contributed by atoms with Gasteiger partial charge in [-0.2, -0.15) is 0 Å². The van der Waals surface area contributed by atoms with E-state index >= 15 is 0 Å². The molecule has 0 aromatic carbocycles. The van der Waals surface area contributed by atoms with Gasteiger partial charge in [-0.05, 0) is 15.9 Å². The standard InChI is InChI=1S/C10H12BrN2O7P/c1-17-21(16)18-4-7-6(20-21)2-8(19-7)13-3-5(11)9(14)12-10(13)15/h3,6-8H,2,4H2,1H3,(H,12,14,15)/t6-,7+,8+,21?/m0/s1. The van der Waals surface area contributed by atoms with Gasteiger partial charge in [-0.1, -0.05) is 0 Å². The summed E-state index contributed by atoms with van der Waals surface area (Å²) in [5.74, 6) is 0. The third kappa shape index (κ3) is 2.79. The molecule has 0 spiro atoms. The van der Waals surface area contributed by atoms with E-state index in [4.69, 9.17) is 18.3 Å². The second-order valence-corrected chi connectivity index (χ2v) is 7.16. The molecule has 3 rings (SSSR count). The lowest BCUT2D eigenvalue weighted by Crippen LogP contribution is -2.33. The number of ether oxygens (including phenoxy) is 1. The number of hydrogen-bond donors (Lipinski definition) is 1. The molecule has 0 radical (unpaired) electrons. The average Bonchev–Trinajstić information content (AvgIpc) is 2.85. The number of aromatic amines is 1. The molecule has 9 nitrogen and oxygen atoms in total. The Hall–Kier alpha value is -0.770. The molecule has 0 amide bonds. The minimum Gasteiger partial charge on any atom is -0.349 e. The van der Waals surface area contributed by atoms with Crippen LogP contribution in [0.2, 0.25) is 0 Å². The average molecular weight is 383 g/mol. The predicted molar refractivity (Wildman–Crippen MR) is 73.0 cm³/mol. The van der Waals surface area contributed by atoms with E-state index < -0.39 is 37.5 Å². The number of phosphoric ester groups is 1. The van der Waals surface area contributed by atoms with Crippen LogP contribution in [0.5, 0.6) is 0 Å². The van der Waals surface area contributed by atoms with E-state index in [1.807, 2.05) is 0 Å². The minimum absolute atomic E-state index is 0.0472. The number of H-pyrrole nitrogens is 1. The number of rotatable bonds is 2. The Bertz CT molecular complexity index is 716. The van der Waals surface area contributed by atoms with E-state index in [0.717, 1.165) is 0 Å². The van der Waals surface area contributed by atoms with Gasteiger partial charge in [-0.25, -0.2) is 9.36 Å². The normalized spacial score (nSPS) is 35.6. The van der Waals surface area contributed by atoms with Crippen LogP contribution in [0.15, 0.2) is 20.3 Å². The second kappa shape index (κ2) is 5.45. The quantitative estimate of drug-likeness (QED) is 0.751. The molecule has 1 unspecified atom stereocenters. The fraction of sp³-hybridized carbons (Fsp3) is 0.600. The zero-order valence-electron chi connectivity index (χ0n) is 10.9. The van der Waals surface area contributed by atoms with Gasteiger partial charge in [0, 0.05) is 19.7 Å². The number of nitrogens with zero attached hydrogens (tertiary/aromatic N) is 1. The van der Waals surface area contributed by atoms with E-state index in [9.17, 15) is 14.2 Å². The maximum Gasteiger partial charge on any atom is 0.474 e. The van der Waals surface area contributed by atoms with Crippen LogP contribution in [0.4, 0.5) is 0 Å². The molecule has 0 saturated carbocycles. The Kier molecular flexibility index (Phi) is 3.93. The molecule has 1 aromatic rings. The van der Waals surface area contributed by atoms with Crippen LogP contribution < -0.4 is 11.2 Å². The van der Waals surface area contributed by atoms with Gasteiger partial charge in [0.05, 0.1) is 11.1 Å². The molecule has 1 aromatic heterocycles. The lowest BCUT2D eigenvalue weighted by molar-refractivity contribution is -0.0701. The van der Waals surface area contributed by atoms with Gasteiger partial charge >= 0.3 is 13.5 Å². The summed E-state index contributed by atoms with van der Waals surface area (Å²) in [6.45, 7) is 0.0472. The molecule has 0 aliphatic carbocycles. The van der Waals surface area contributed by atoms with E-state index in [1.165, 1.54) is 17.9 Å². The molecular formula is C10H12BrN2O7P. The molecule has 21 heavy (non-hydrogen) atoms. The first-order valence-corrected chi connectivity index (χ1v) is 8.32. The van der Waals surface area contributed by atoms with Gasteiger partial charge in [-0.15, -0.1) is 0 Å². The van der Waals surface area contributed by atoms with Crippen LogP contribution in [0.25, 0.3) is 0 Å². The van der Waals surface area contributed by atoms with Crippen molar-refractivity contribution >= 4 is 23.8 Å². The molecule has 3 heterocycles. The van der Waals surface area contributed by atoms with E-state index in [0.29, 0.717) is 6.42 Å². The van der Waals surface area contributed by atoms with Crippen molar-refractivity contribution in [1.82, 2.24) is 9.55 Å². The highest BCUT2D eigenvalue weighted by Crippen LogP contribution is 2.55. The van der Waals surface area contributed by atoms with Crippen molar-refractivity contribution in [2.24, 2.45) is 0 Å². The molecule has 2 fully saturated rings. The Morgan fingerprint density at radius 3 is 2.95 bits per heavy atom. The molecule has 116 valence electrons. The van der Waals surface area contributed by atoms with Crippen molar-refractivity contribution in [3.8, 4) is 0 Å². The van der Waals surface area contributed by atoms with Gasteiger partial charge in [0.1, 0.15) is 18.4 Å². The van der Waals surface area contributed by atoms with Crippen molar-refractivity contribution in [3.63, 3.8) is 0 Å². The van der Waals surface area contributed by atoms with E-state index in [-0.39, 0.29) is 11.1 Å². The van der Waals surface area contributed by atoms with Crippen LogP contribution in [-0.4, -0.2) is 35.5 Å². The molecule has 4 atom stereocenters. The van der Waals surface area contributed by atoms with Crippen molar-refractivity contribution in [3.05, 3.63) is 31.5 Å². The number of phosphoric acid groups is 1. The summed E-state index contributed by atoms with van der Waals surface area (Å²) in [6, 6.07) is 0. The number of fused-ring (bicyclic) bond motifs is 1. The summed E-state index contributed by atoms with van der Waals surface area (Å²) in [5, 5.41) is 0. The van der Waals surface area contributed by atoms with Crippen LogP contribution in [0.1, 0.15) is 12.6 Å². The third-order valence-corrected chi connectivity index (χ3v) is 5.31. The molecule has 0 bridgehead atoms. The van der Waals surface area contributed by atoms with Crippen molar-refractivity contribution in [2.45, 2.75) is 24.9 Å². The maximum atomic E-state index is 11.9. The Morgan fingerprint density at radius 2 is 2.24 bits per heavy atom. The van der Waals surface area contributed by atoms with Crippen molar-refractivity contribution in [2.75, 3.05) is 13.7 Å². The summed E-state index contributed by atoms with van der Waals surface area (Å²) in [4.78, 5) is 25.3. The molecule has 2 saturated heterocycles. The SMILES string of the molecule is COP1(=O)OC[C@H]2O[C@@H](n3cc(Br)c(=O)[nH]c3=O)C[C@@H]2O1. The topological polar surface area (TPSA) is 109 Å². The first kappa shape index (κ1) is 15.1. The van der Waals surface area contributed by atoms with E-state index in [2.05, 4.69) is 20.9 Å². The highest BCUT2D eigenvalue weighted by molar-refractivity contribution is 9.10. The molecule has 11 heteroatoms. The number of halogens is 1. The third-order valence-electron chi connectivity index (χ3n) is 3.30. The summed E-state index contributed by atoms with van der Waals surface area (Å²) in [5.41, 5.74) is -1.11. The van der Waals surface area contributed by atoms with Crippen LogP contribution >= 0.6 is 23.8 Å². The molecule has 2 aliphatic rings. The van der Waals surface area contributed by atoms with Gasteiger partial charge in [-0.3, -0.25) is 27.9 Å². The first-order valence-electron chi connectivity index (χ1n) is 6.07. The molecular weight excluding hydrogens is 371 g/mol. The van der Waals surface area contributed by atoms with Crippen LogP contribution in [-0.2, 0) is 22.9 Å². The van der Waals surface area contributed by atoms with Crippen LogP contribution in [0.3, 0.4) is 0 Å². The van der Waals surface area contributed by atoms with Gasteiger partial charge < -0.3 is 4.74 Å². The Labute approximate surface area is 126 Å². The fourth-order valence-corrected chi connectivity index (χ4v) is 3.72. The zero-order chi connectivity index (χ0) is 15.2. The largest absolute Gasteiger partial charge is 0.474 e. The minimum atomic E-state index is -3.55. The number of aromatic nitrogens is 2. The van der Waals surface area contributed by atoms with Gasteiger partial charge in [0.2, 0.25) is 0 Å². The Morgan fingerprint density at radius 1 is 1.48 bits per heavy atom.